The number of hydrogen-bond acceptors (Lipinski definition) is 3. The fraction of sp³-hybridized carbons (Fsp3) is 0.0870. The van der Waals surface area contributed by atoms with Crippen LogP contribution in [0.1, 0.15) is 5.56 Å². The molecule has 0 saturated carbocycles. The molecule has 0 aliphatic carbocycles. The van der Waals surface area contributed by atoms with E-state index in [0.29, 0.717) is 21.7 Å². The summed E-state index contributed by atoms with van der Waals surface area (Å²) in [5.74, 6) is 0. The Bertz CT molecular complexity index is 1530. The lowest BCUT2D eigenvalue weighted by Crippen LogP contribution is -2.14. The highest BCUT2D eigenvalue weighted by molar-refractivity contribution is 7.90. The van der Waals surface area contributed by atoms with Crippen molar-refractivity contribution in [1.29, 1.82) is 0 Å². The molecule has 3 heterocycles. The predicted octanol–water partition coefficient (Wildman–Crippen LogP) is 5.39. The zero-order chi connectivity index (χ0) is 21.0. The van der Waals surface area contributed by atoms with Gasteiger partial charge in [0.25, 0.3) is 10.0 Å². The maximum Gasteiger partial charge on any atom is 0.269 e. The molecule has 7 heteroatoms. The maximum atomic E-state index is 13.7. The van der Waals surface area contributed by atoms with Crippen LogP contribution in [-0.4, -0.2) is 21.9 Å². The number of fused-ring (bicyclic) bond motifs is 2. The molecular weight excluding hydrogens is 418 g/mol. The Kier molecular flexibility index (Phi) is 4.24. The van der Waals surface area contributed by atoms with Gasteiger partial charge >= 0.3 is 0 Å². The molecule has 30 heavy (non-hydrogen) atoms. The van der Waals surface area contributed by atoms with Crippen LogP contribution in [0.4, 0.5) is 0 Å². The summed E-state index contributed by atoms with van der Waals surface area (Å²) in [5, 5.41) is 2.01. The first kappa shape index (κ1) is 18.9. The summed E-state index contributed by atoms with van der Waals surface area (Å²) in [5.41, 5.74) is 3.64. The number of para-hydroxylation sites is 1. The lowest BCUT2D eigenvalue weighted by molar-refractivity contribution is 0.589. The van der Waals surface area contributed by atoms with Crippen LogP contribution in [0.15, 0.2) is 78.0 Å². The van der Waals surface area contributed by atoms with Crippen molar-refractivity contribution >= 4 is 43.6 Å². The van der Waals surface area contributed by atoms with Gasteiger partial charge in [0.05, 0.1) is 15.6 Å². The Morgan fingerprint density at radius 3 is 2.47 bits per heavy atom. The normalized spacial score (nSPS) is 12.1. The van der Waals surface area contributed by atoms with Gasteiger partial charge in [-0.25, -0.2) is 17.4 Å². The van der Waals surface area contributed by atoms with Crippen LogP contribution in [-0.2, 0) is 17.1 Å². The smallest absolute Gasteiger partial charge is 0.269 e. The molecule has 5 aromatic rings. The van der Waals surface area contributed by atoms with E-state index in [1.807, 2.05) is 49.0 Å². The average molecular weight is 436 g/mol. The molecule has 2 aromatic carbocycles. The summed E-state index contributed by atoms with van der Waals surface area (Å²) in [6, 6.07) is 18.2. The van der Waals surface area contributed by atoms with Crippen molar-refractivity contribution in [1.82, 2.24) is 13.5 Å². The molecule has 0 atom stereocenters. The first-order chi connectivity index (χ1) is 14.4. The minimum atomic E-state index is -3.91. The first-order valence-electron chi connectivity index (χ1n) is 9.40. The summed E-state index contributed by atoms with van der Waals surface area (Å²) >= 11 is 6.42. The predicted molar refractivity (Wildman–Crippen MR) is 120 cm³/mol. The molecule has 0 radical (unpaired) electrons. The summed E-state index contributed by atoms with van der Waals surface area (Å²) in [6.45, 7) is 1.92. The van der Waals surface area contributed by atoms with E-state index in [1.165, 1.54) is 10.2 Å². The lowest BCUT2D eigenvalue weighted by atomic mass is 10.1. The fourth-order valence-corrected chi connectivity index (χ4v) is 5.51. The third-order valence-electron chi connectivity index (χ3n) is 5.34. The molecule has 0 N–H and O–H groups in total. The zero-order valence-electron chi connectivity index (χ0n) is 16.4. The second-order valence-corrected chi connectivity index (χ2v) is 9.51. The SMILES string of the molecule is Cc1ccc(S(=O)(=O)n2c(-c3cn(C)c4ccccc34)cc3c(Cl)ccnc32)cc1. The highest BCUT2D eigenvalue weighted by Gasteiger charge is 2.27. The number of halogens is 1. The van der Waals surface area contributed by atoms with Gasteiger partial charge in [0.2, 0.25) is 0 Å². The molecule has 0 saturated heterocycles. The summed E-state index contributed by atoms with van der Waals surface area (Å²) in [6.07, 6.45) is 3.46. The van der Waals surface area contributed by atoms with Crippen LogP contribution < -0.4 is 0 Å². The number of aromatic nitrogens is 3. The molecule has 0 fully saturated rings. The monoisotopic (exact) mass is 435 g/mol. The maximum absolute atomic E-state index is 13.7. The molecule has 0 aliphatic rings. The molecule has 0 aliphatic heterocycles. The number of hydrogen-bond donors (Lipinski definition) is 0. The molecule has 5 rings (SSSR count). The lowest BCUT2D eigenvalue weighted by Gasteiger charge is -2.11. The van der Waals surface area contributed by atoms with Crippen molar-refractivity contribution in [2.24, 2.45) is 7.05 Å². The highest BCUT2D eigenvalue weighted by Crippen LogP contribution is 2.37. The van der Waals surface area contributed by atoms with E-state index < -0.39 is 10.0 Å². The van der Waals surface area contributed by atoms with Crippen molar-refractivity contribution < 1.29 is 8.42 Å². The van der Waals surface area contributed by atoms with Crippen molar-refractivity contribution in [2.45, 2.75) is 11.8 Å². The molecular formula is C23H18ClN3O2S. The van der Waals surface area contributed by atoms with Gasteiger partial charge in [-0.1, -0.05) is 47.5 Å². The van der Waals surface area contributed by atoms with Gasteiger partial charge in [0.15, 0.2) is 5.65 Å². The Morgan fingerprint density at radius 2 is 1.70 bits per heavy atom. The average Bonchev–Trinajstić information content (AvgIpc) is 3.28. The summed E-state index contributed by atoms with van der Waals surface area (Å²) in [7, 11) is -1.96. The summed E-state index contributed by atoms with van der Waals surface area (Å²) < 4.78 is 30.8. The topological polar surface area (TPSA) is 56.9 Å². The minimum absolute atomic E-state index is 0.203. The Labute approximate surface area is 179 Å². The quantitative estimate of drug-likeness (QED) is 0.381. The van der Waals surface area contributed by atoms with E-state index in [2.05, 4.69) is 4.98 Å². The van der Waals surface area contributed by atoms with Gasteiger partial charge in [-0.3, -0.25) is 0 Å². The van der Waals surface area contributed by atoms with Gasteiger partial charge in [-0.05, 0) is 37.3 Å². The molecule has 3 aromatic heterocycles. The molecule has 0 unspecified atom stereocenters. The molecule has 150 valence electrons. The minimum Gasteiger partial charge on any atom is -0.350 e. The van der Waals surface area contributed by atoms with Crippen LogP contribution in [0, 0.1) is 6.92 Å². The second kappa shape index (κ2) is 6.72. The van der Waals surface area contributed by atoms with Crippen molar-refractivity contribution in [3.63, 3.8) is 0 Å². The van der Waals surface area contributed by atoms with Crippen LogP contribution in [0.2, 0.25) is 5.02 Å². The van der Waals surface area contributed by atoms with Gasteiger partial charge in [0.1, 0.15) is 0 Å². The Hall–Kier alpha value is -3.09. The number of pyridine rings is 1. The standard InChI is InChI=1S/C23H18ClN3O2S/c1-15-7-9-16(10-8-15)30(28,29)27-22(13-18-20(24)11-12-25-23(18)27)19-14-26(2)21-6-4-3-5-17(19)21/h3-14H,1-2H3. The zero-order valence-corrected chi connectivity index (χ0v) is 17.9. The van der Waals surface area contributed by atoms with E-state index in [-0.39, 0.29) is 4.90 Å². The van der Waals surface area contributed by atoms with E-state index in [0.717, 1.165) is 22.0 Å². The van der Waals surface area contributed by atoms with Gasteiger partial charge in [-0.15, -0.1) is 0 Å². The van der Waals surface area contributed by atoms with Crippen molar-refractivity contribution in [3.05, 3.63) is 83.6 Å². The van der Waals surface area contributed by atoms with Crippen LogP contribution in [0.25, 0.3) is 33.2 Å². The van der Waals surface area contributed by atoms with E-state index in [4.69, 9.17) is 11.6 Å². The van der Waals surface area contributed by atoms with Crippen LogP contribution in [0.5, 0.6) is 0 Å². The Morgan fingerprint density at radius 1 is 0.967 bits per heavy atom. The molecule has 0 spiro atoms. The van der Waals surface area contributed by atoms with Crippen molar-refractivity contribution in [2.75, 3.05) is 0 Å². The van der Waals surface area contributed by atoms with Crippen LogP contribution in [0.3, 0.4) is 0 Å². The van der Waals surface area contributed by atoms with Gasteiger partial charge < -0.3 is 4.57 Å². The van der Waals surface area contributed by atoms with E-state index >= 15 is 0 Å². The third-order valence-corrected chi connectivity index (χ3v) is 7.39. The first-order valence-corrected chi connectivity index (χ1v) is 11.2. The van der Waals surface area contributed by atoms with E-state index in [9.17, 15) is 8.42 Å². The molecule has 0 amide bonds. The third kappa shape index (κ3) is 2.75. The number of nitrogens with zero attached hydrogens (tertiary/aromatic N) is 3. The number of aryl methyl sites for hydroxylation is 2. The molecule has 0 bridgehead atoms. The van der Waals surface area contributed by atoms with Gasteiger partial charge in [0, 0.05) is 41.3 Å². The summed E-state index contributed by atoms with van der Waals surface area (Å²) in [4.78, 5) is 4.58. The van der Waals surface area contributed by atoms with Crippen molar-refractivity contribution in [3.8, 4) is 11.3 Å². The van der Waals surface area contributed by atoms with Crippen LogP contribution >= 0.6 is 11.6 Å². The largest absolute Gasteiger partial charge is 0.350 e. The highest BCUT2D eigenvalue weighted by atomic mass is 35.5. The molecule has 5 nitrogen and oxygen atoms in total. The van der Waals surface area contributed by atoms with Gasteiger partial charge in [-0.2, -0.15) is 0 Å². The second-order valence-electron chi connectivity index (χ2n) is 7.31. The number of rotatable bonds is 3. The Balaban J connectivity index is 1.90. The number of benzene rings is 2. The fourth-order valence-electron chi connectivity index (χ4n) is 3.84. The van der Waals surface area contributed by atoms with E-state index in [1.54, 1.807) is 36.4 Å².